The van der Waals surface area contributed by atoms with Crippen LogP contribution in [0.4, 0.5) is 5.69 Å². The first kappa shape index (κ1) is 16.5. The molecule has 0 aromatic heterocycles. The lowest BCUT2D eigenvalue weighted by Gasteiger charge is -2.26. The average molecular weight is 276 g/mol. The molecule has 0 bridgehead atoms. The first-order valence-electron chi connectivity index (χ1n) is 7.50. The molecule has 3 nitrogen and oxygen atoms in total. The number of nitrogens with one attached hydrogen (secondary N) is 1. The third-order valence-electron chi connectivity index (χ3n) is 3.91. The number of benzene rings is 1. The lowest BCUT2D eigenvalue weighted by atomic mass is 9.89. The van der Waals surface area contributed by atoms with E-state index in [2.05, 4.69) is 48.3 Å². The lowest BCUT2D eigenvalue weighted by Crippen LogP contribution is -2.41. The van der Waals surface area contributed by atoms with Crippen LogP contribution in [0.15, 0.2) is 24.3 Å². The maximum atomic E-state index is 12.0. The van der Waals surface area contributed by atoms with E-state index in [1.54, 1.807) is 0 Å². The second-order valence-electron chi connectivity index (χ2n) is 5.91. The number of carbonyl (C=O) groups excluding carboxylic acids is 1. The minimum absolute atomic E-state index is 0.139. The number of nitrogens with zero attached hydrogens (tertiary/aromatic N) is 1. The molecule has 3 heteroatoms. The molecule has 0 radical (unpaired) electrons. The summed E-state index contributed by atoms with van der Waals surface area (Å²) in [6.45, 7) is 12.7. The van der Waals surface area contributed by atoms with E-state index in [4.69, 9.17) is 0 Å². The van der Waals surface area contributed by atoms with Crippen molar-refractivity contribution in [3.8, 4) is 0 Å². The molecule has 0 unspecified atom stereocenters. The summed E-state index contributed by atoms with van der Waals surface area (Å²) in [5.41, 5.74) is 2.20. The van der Waals surface area contributed by atoms with Gasteiger partial charge < -0.3 is 10.2 Å². The van der Waals surface area contributed by atoms with Gasteiger partial charge in [0.15, 0.2) is 0 Å². The monoisotopic (exact) mass is 276 g/mol. The molecule has 0 fully saturated rings. The summed E-state index contributed by atoms with van der Waals surface area (Å²) in [5, 5.41) is 3.04. The summed E-state index contributed by atoms with van der Waals surface area (Å²) in [7, 11) is 0. The summed E-state index contributed by atoms with van der Waals surface area (Å²) in [6, 6.07) is 8.48. The Labute approximate surface area is 123 Å². The number of carbonyl (C=O) groups is 1. The largest absolute Gasteiger partial charge is 0.370 e. The van der Waals surface area contributed by atoms with Gasteiger partial charge in [-0.25, -0.2) is 0 Å². The molecule has 1 aromatic rings. The molecule has 0 aliphatic heterocycles. The van der Waals surface area contributed by atoms with E-state index < -0.39 is 0 Å². The minimum atomic E-state index is -0.277. The lowest BCUT2D eigenvalue weighted by molar-refractivity contribution is -0.129. The fraction of sp³-hybridized carbons (Fsp3) is 0.588. The molecule has 112 valence electrons. The van der Waals surface area contributed by atoms with Gasteiger partial charge in [0.25, 0.3) is 0 Å². The Kier molecular flexibility index (Phi) is 6.05. The molecule has 1 aromatic carbocycles. The van der Waals surface area contributed by atoms with E-state index in [0.717, 1.165) is 19.5 Å². The van der Waals surface area contributed by atoms with Crippen molar-refractivity contribution in [2.24, 2.45) is 5.41 Å². The van der Waals surface area contributed by atoms with Crippen LogP contribution in [0, 0.1) is 12.3 Å². The van der Waals surface area contributed by atoms with Crippen LogP contribution < -0.4 is 10.2 Å². The predicted octanol–water partition coefficient (Wildman–Crippen LogP) is 3.37. The number of amides is 1. The first-order chi connectivity index (χ1) is 9.40. The van der Waals surface area contributed by atoms with Gasteiger partial charge in [0.1, 0.15) is 0 Å². The summed E-state index contributed by atoms with van der Waals surface area (Å²) in [6.07, 6.45) is 0.855. The van der Waals surface area contributed by atoms with Crippen molar-refractivity contribution in [3.63, 3.8) is 0 Å². The van der Waals surface area contributed by atoms with E-state index in [-0.39, 0.29) is 11.3 Å². The molecule has 0 saturated carbocycles. The van der Waals surface area contributed by atoms with Crippen LogP contribution in [0.2, 0.25) is 0 Å². The standard InChI is InChI=1S/C17H28N2O/c1-6-17(4,5)16(20)18-11-12-19(7-2)15-10-8-9-14(3)13-15/h8-10,13H,6-7,11-12H2,1-5H3,(H,18,20). The number of hydrogen-bond donors (Lipinski definition) is 1. The molecule has 0 saturated heterocycles. The second-order valence-corrected chi connectivity index (χ2v) is 5.91. The first-order valence-corrected chi connectivity index (χ1v) is 7.50. The van der Waals surface area contributed by atoms with Crippen molar-refractivity contribution in [3.05, 3.63) is 29.8 Å². The van der Waals surface area contributed by atoms with Crippen LogP contribution in [-0.4, -0.2) is 25.5 Å². The number of anilines is 1. The Morgan fingerprint density at radius 2 is 2.00 bits per heavy atom. The topological polar surface area (TPSA) is 32.3 Å². The van der Waals surface area contributed by atoms with Crippen molar-refractivity contribution in [2.75, 3.05) is 24.5 Å². The van der Waals surface area contributed by atoms with Crippen molar-refractivity contribution >= 4 is 11.6 Å². The molecule has 1 amide bonds. The fourth-order valence-electron chi connectivity index (χ4n) is 2.00. The minimum Gasteiger partial charge on any atom is -0.370 e. The molecule has 1 N–H and O–H groups in total. The highest BCUT2D eigenvalue weighted by atomic mass is 16.2. The average Bonchev–Trinajstić information content (AvgIpc) is 2.43. The highest BCUT2D eigenvalue weighted by Crippen LogP contribution is 2.19. The fourth-order valence-corrected chi connectivity index (χ4v) is 2.00. The van der Waals surface area contributed by atoms with Crippen molar-refractivity contribution in [1.82, 2.24) is 5.32 Å². The third-order valence-corrected chi connectivity index (χ3v) is 3.91. The van der Waals surface area contributed by atoms with Crippen LogP contribution in [0.3, 0.4) is 0 Å². The van der Waals surface area contributed by atoms with E-state index in [9.17, 15) is 4.79 Å². The number of hydrogen-bond acceptors (Lipinski definition) is 2. The highest BCUT2D eigenvalue weighted by molar-refractivity contribution is 5.81. The van der Waals surface area contributed by atoms with E-state index >= 15 is 0 Å². The molecule has 0 atom stereocenters. The zero-order valence-electron chi connectivity index (χ0n) is 13.5. The Morgan fingerprint density at radius 3 is 2.55 bits per heavy atom. The van der Waals surface area contributed by atoms with Gasteiger partial charge in [-0.1, -0.05) is 32.9 Å². The van der Waals surface area contributed by atoms with Gasteiger partial charge in [-0.05, 0) is 38.0 Å². The van der Waals surface area contributed by atoms with E-state index in [1.165, 1.54) is 11.3 Å². The summed E-state index contributed by atoms with van der Waals surface area (Å²) in [5.74, 6) is 0.139. The normalized spacial score (nSPS) is 11.2. The highest BCUT2D eigenvalue weighted by Gasteiger charge is 2.24. The number of rotatable bonds is 7. The maximum absolute atomic E-state index is 12.0. The van der Waals surface area contributed by atoms with Gasteiger partial charge >= 0.3 is 0 Å². The van der Waals surface area contributed by atoms with Crippen molar-refractivity contribution in [2.45, 2.75) is 41.0 Å². The van der Waals surface area contributed by atoms with Gasteiger partial charge in [0.05, 0.1) is 0 Å². The van der Waals surface area contributed by atoms with Crippen molar-refractivity contribution < 1.29 is 4.79 Å². The Morgan fingerprint density at radius 1 is 1.30 bits per heavy atom. The molecule has 20 heavy (non-hydrogen) atoms. The Bertz CT molecular complexity index is 440. The van der Waals surface area contributed by atoms with Gasteiger partial charge in [0, 0.05) is 30.7 Å². The number of aryl methyl sites for hydroxylation is 1. The molecule has 0 heterocycles. The smallest absolute Gasteiger partial charge is 0.225 e. The van der Waals surface area contributed by atoms with Crippen LogP contribution in [0.5, 0.6) is 0 Å². The quantitative estimate of drug-likeness (QED) is 0.828. The molecular formula is C17H28N2O. The molecular weight excluding hydrogens is 248 g/mol. The van der Waals surface area contributed by atoms with Gasteiger partial charge in [-0.15, -0.1) is 0 Å². The van der Waals surface area contributed by atoms with E-state index in [0.29, 0.717) is 6.54 Å². The predicted molar refractivity (Wildman–Crippen MR) is 86.1 cm³/mol. The Balaban J connectivity index is 2.53. The van der Waals surface area contributed by atoms with Gasteiger partial charge in [0.2, 0.25) is 5.91 Å². The summed E-state index contributed by atoms with van der Waals surface area (Å²) in [4.78, 5) is 14.3. The molecule has 0 spiro atoms. The van der Waals surface area contributed by atoms with Gasteiger partial charge in [-0.3, -0.25) is 4.79 Å². The summed E-state index contributed by atoms with van der Waals surface area (Å²) >= 11 is 0. The van der Waals surface area contributed by atoms with Crippen LogP contribution in [-0.2, 0) is 4.79 Å². The second kappa shape index (κ2) is 7.32. The van der Waals surface area contributed by atoms with Crippen LogP contribution in [0.1, 0.15) is 39.7 Å². The zero-order valence-corrected chi connectivity index (χ0v) is 13.5. The number of likely N-dealkylation sites (N-methyl/N-ethyl adjacent to an activating group) is 1. The van der Waals surface area contributed by atoms with E-state index in [1.807, 2.05) is 20.8 Å². The molecule has 0 aliphatic carbocycles. The zero-order chi connectivity index (χ0) is 15.2. The third kappa shape index (κ3) is 4.55. The maximum Gasteiger partial charge on any atom is 0.225 e. The SMILES string of the molecule is CCN(CCNC(=O)C(C)(C)CC)c1cccc(C)c1. The Hall–Kier alpha value is -1.51. The molecule has 0 aliphatic rings. The molecule has 1 rings (SSSR count). The van der Waals surface area contributed by atoms with Crippen LogP contribution >= 0.6 is 0 Å². The van der Waals surface area contributed by atoms with Gasteiger partial charge in [-0.2, -0.15) is 0 Å². The van der Waals surface area contributed by atoms with Crippen LogP contribution in [0.25, 0.3) is 0 Å². The van der Waals surface area contributed by atoms with Crippen molar-refractivity contribution in [1.29, 1.82) is 0 Å². The summed E-state index contributed by atoms with van der Waals surface area (Å²) < 4.78 is 0.